The van der Waals surface area contributed by atoms with E-state index in [4.69, 9.17) is 9.15 Å². The molecule has 0 spiro atoms. The monoisotopic (exact) mass is 341 g/mol. The van der Waals surface area contributed by atoms with Gasteiger partial charge in [0.2, 0.25) is 5.91 Å². The zero-order valence-electron chi connectivity index (χ0n) is 13.7. The van der Waals surface area contributed by atoms with Crippen molar-refractivity contribution in [1.29, 1.82) is 0 Å². The molecule has 0 fully saturated rings. The van der Waals surface area contributed by atoms with Crippen molar-refractivity contribution in [3.05, 3.63) is 39.4 Å². The van der Waals surface area contributed by atoms with Gasteiger partial charge in [-0.15, -0.1) is 0 Å². The van der Waals surface area contributed by atoms with Gasteiger partial charge in [0.15, 0.2) is 11.4 Å². The first-order valence-corrected chi connectivity index (χ1v) is 7.82. The van der Waals surface area contributed by atoms with Crippen LogP contribution >= 0.6 is 0 Å². The molecular weight excluding hydrogens is 326 g/mol. The average molecular weight is 341 g/mol. The molecule has 4 rings (SSSR count). The van der Waals surface area contributed by atoms with Crippen LogP contribution in [0.4, 0.5) is 0 Å². The summed E-state index contributed by atoms with van der Waals surface area (Å²) in [6, 6.07) is 1.42. The summed E-state index contributed by atoms with van der Waals surface area (Å²) in [6.07, 6.45) is 2.34. The fourth-order valence-electron chi connectivity index (χ4n) is 3.56. The van der Waals surface area contributed by atoms with Crippen molar-refractivity contribution >= 4 is 28.2 Å². The van der Waals surface area contributed by atoms with Gasteiger partial charge in [0.1, 0.15) is 17.1 Å². The molecule has 7 nitrogen and oxygen atoms in total. The van der Waals surface area contributed by atoms with Crippen molar-refractivity contribution in [2.24, 2.45) is 0 Å². The van der Waals surface area contributed by atoms with Crippen LogP contribution in [-0.4, -0.2) is 35.9 Å². The highest BCUT2D eigenvalue weighted by Crippen LogP contribution is 2.44. The Balaban J connectivity index is 2.13. The molecule has 2 aromatic rings. The third-order valence-corrected chi connectivity index (χ3v) is 4.73. The van der Waals surface area contributed by atoms with E-state index in [9.17, 15) is 19.5 Å². The highest BCUT2D eigenvalue weighted by molar-refractivity contribution is 6.09. The summed E-state index contributed by atoms with van der Waals surface area (Å²) in [7, 11) is 3.05. The number of carbonyl (C=O) groups is 2. The number of methoxy groups -OCH3 is 1. The van der Waals surface area contributed by atoms with E-state index in [1.165, 1.54) is 18.1 Å². The number of ketones is 1. The Morgan fingerprint density at radius 3 is 2.60 bits per heavy atom. The number of aromatic hydroxyl groups is 1. The number of phenolic OH excluding ortho intramolecular Hbond substituents is 1. The topological polar surface area (TPSA) is 97.1 Å². The SMILES string of the molecule is COc1cc(O)c(C2=CN(C)C(=O)C2)c2oc(=O)c3c(c12)CCC3=O. The number of amides is 1. The second-order valence-corrected chi connectivity index (χ2v) is 6.18. The Labute approximate surface area is 142 Å². The standard InChI is InChI=1S/C18H15NO6/c1-19-7-8(5-13(19)22)14-11(21)6-12(24-2)16-9-3-4-10(20)15(9)18(23)25-17(14)16/h6-7,21H,3-5H2,1-2H3. The Bertz CT molecular complexity index is 1050. The number of fused-ring (bicyclic) bond motifs is 3. The van der Waals surface area contributed by atoms with Crippen molar-refractivity contribution in [3.63, 3.8) is 0 Å². The summed E-state index contributed by atoms with van der Waals surface area (Å²) in [4.78, 5) is 37.6. The largest absolute Gasteiger partial charge is 0.507 e. The molecule has 1 aromatic carbocycles. The van der Waals surface area contributed by atoms with Crippen molar-refractivity contribution < 1.29 is 23.8 Å². The molecule has 128 valence electrons. The third kappa shape index (κ3) is 2.08. The summed E-state index contributed by atoms with van der Waals surface area (Å²) in [5, 5.41) is 11.0. The van der Waals surface area contributed by atoms with Gasteiger partial charge in [-0.05, 0) is 17.6 Å². The number of hydrogen-bond acceptors (Lipinski definition) is 6. The van der Waals surface area contributed by atoms with Crippen molar-refractivity contribution in [1.82, 2.24) is 4.90 Å². The molecule has 2 heterocycles. The fraction of sp³-hybridized carbons (Fsp3) is 0.278. The van der Waals surface area contributed by atoms with Crippen LogP contribution in [0.25, 0.3) is 16.5 Å². The molecule has 0 saturated heterocycles. The molecule has 1 aliphatic carbocycles. The van der Waals surface area contributed by atoms with Gasteiger partial charge < -0.3 is 19.2 Å². The van der Waals surface area contributed by atoms with Crippen LogP contribution in [-0.2, 0) is 11.2 Å². The summed E-state index contributed by atoms with van der Waals surface area (Å²) in [6.45, 7) is 0. The van der Waals surface area contributed by atoms with Gasteiger partial charge >= 0.3 is 5.63 Å². The third-order valence-electron chi connectivity index (χ3n) is 4.73. The molecule has 1 amide bonds. The molecule has 1 aromatic heterocycles. The number of carbonyl (C=O) groups excluding carboxylic acids is 2. The minimum atomic E-state index is -0.725. The summed E-state index contributed by atoms with van der Waals surface area (Å²) in [5.74, 6) is -0.204. The number of hydrogen-bond donors (Lipinski definition) is 1. The number of nitrogens with zero attached hydrogens (tertiary/aromatic N) is 1. The zero-order chi connectivity index (χ0) is 17.9. The first kappa shape index (κ1) is 15.4. The fourth-order valence-corrected chi connectivity index (χ4v) is 3.56. The van der Waals surface area contributed by atoms with E-state index in [1.807, 2.05) is 0 Å². The first-order chi connectivity index (χ1) is 11.9. The lowest BCUT2D eigenvalue weighted by atomic mass is 9.97. The second-order valence-electron chi connectivity index (χ2n) is 6.18. The van der Waals surface area contributed by atoms with Crippen LogP contribution in [0.1, 0.15) is 34.3 Å². The van der Waals surface area contributed by atoms with Crippen molar-refractivity contribution in [2.75, 3.05) is 14.2 Å². The lowest BCUT2D eigenvalue weighted by Crippen LogP contribution is -2.14. The van der Waals surface area contributed by atoms with Gasteiger partial charge in [-0.2, -0.15) is 0 Å². The Morgan fingerprint density at radius 2 is 1.96 bits per heavy atom. The maximum absolute atomic E-state index is 12.3. The molecule has 0 atom stereocenters. The summed E-state index contributed by atoms with van der Waals surface area (Å²) in [5.41, 5.74) is 0.878. The van der Waals surface area contributed by atoms with Crippen LogP contribution in [0.5, 0.6) is 11.5 Å². The molecule has 25 heavy (non-hydrogen) atoms. The lowest BCUT2D eigenvalue weighted by Gasteiger charge is -2.14. The number of aryl methyl sites for hydroxylation is 1. The molecule has 1 N–H and O–H groups in total. The summed E-state index contributed by atoms with van der Waals surface area (Å²) >= 11 is 0. The molecule has 0 radical (unpaired) electrons. The molecule has 0 saturated carbocycles. The van der Waals surface area contributed by atoms with Gasteiger partial charge in [-0.3, -0.25) is 9.59 Å². The van der Waals surface area contributed by atoms with Gasteiger partial charge in [0.05, 0.1) is 24.5 Å². The number of phenols is 1. The number of benzene rings is 1. The molecular formula is C18H15NO6. The maximum atomic E-state index is 12.3. The minimum Gasteiger partial charge on any atom is -0.507 e. The summed E-state index contributed by atoms with van der Waals surface area (Å²) < 4.78 is 10.8. The van der Waals surface area contributed by atoms with Gasteiger partial charge in [0.25, 0.3) is 0 Å². The molecule has 7 heteroatoms. The van der Waals surface area contributed by atoms with E-state index < -0.39 is 5.63 Å². The molecule has 0 bridgehead atoms. The molecule has 1 aliphatic heterocycles. The smallest absolute Gasteiger partial charge is 0.347 e. The van der Waals surface area contributed by atoms with E-state index in [2.05, 4.69) is 0 Å². The van der Waals surface area contributed by atoms with Gasteiger partial charge in [-0.25, -0.2) is 4.79 Å². The number of Topliss-reactive ketones (excluding diaryl/α,β-unsaturated/α-hetero) is 1. The van der Waals surface area contributed by atoms with Crippen LogP contribution in [0.2, 0.25) is 0 Å². The van der Waals surface area contributed by atoms with Crippen molar-refractivity contribution in [2.45, 2.75) is 19.3 Å². The minimum absolute atomic E-state index is 0.0519. The van der Waals surface area contributed by atoms with E-state index >= 15 is 0 Å². The molecule has 0 unspecified atom stereocenters. The van der Waals surface area contributed by atoms with Crippen LogP contribution in [0, 0.1) is 0 Å². The van der Waals surface area contributed by atoms with Gasteiger partial charge in [-0.1, -0.05) is 0 Å². The van der Waals surface area contributed by atoms with E-state index in [0.29, 0.717) is 28.7 Å². The Morgan fingerprint density at radius 1 is 1.20 bits per heavy atom. The highest BCUT2D eigenvalue weighted by Gasteiger charge is 2.32. The van der Waals surface area contributed by atoms with Crippen molar-refractivity contribution in [3.8, 4) is 11.5 Å². The normalized spacial score (nSPS) is 16.6. The Hall–Kier alpha value is -3.09. The number of rotatable bonds is 2. The maximum Gasteiger partial charge on any atom is 0.347 e. The predicted octanol–water partition coefficient (Wildman–Crippen LogP) is 1.84. The van der Waals surface area contributed by atoms with E-state index in [1.54, 1.807) is 13.2 Å². The zero-order valence-corrected chi connectivity index (χ0v) is 13.7. The Kier molecular flexibility index (Phi) is 3.21. The molecule has 2 aliphatic rings. The second kappa shape index (κ2) is 5.20. The quantitative estimate of drug-likeness (QED) is 0.837. The average Bonchev–Trinajstić information content (AvgIpc) is 3.10. The highest BCUT2D eigenvalue weighted by atomic mass is 16.5. The first-order valence-electron chi connectivity index (χ1n) is 7.82. The van der Waals surface area contributed by atoms with E-state index in [-0.39, 0.29) is 47.0 Å². The lowest BCUT2D eigenvalue weighted by molar-refractivity contribution is -0.125. The van der Waals surface area contributed by atoms with Crippen LogP contribution in [0.15, 0.2) is 21.5 Å². The van der Waals surface area contributed by atoms with Gasteiger partial charge in [0, 0.05) is 25.7 Å². The van der Waals surface area contributed by atoms with Crippen LogP contribution < -0.4 is 10.4 Å². The van der Waals surface area contributed by atoms with Crippen LogP contribution in [0.3, 0.4) is 0 Å². The van der Waals surface area contributed by atoms with E-state index in [0.717, 1.165) is 0 Å². The number of ether oxygens (including phenoxy) is 1. The predicted molar refractivity (Wildman–Crippen MR) is 88.7 cm³/mol.